The van der Waals surface area contributed by atoms with Crippen LogP contribution < -0.4 is 0 Å². The number of hydrogen-bond acceptors (Lipinski definition) is 4. The van der Waals surface area contributed by atoms with Crippen molar-refractivity contribution in [3.63, 3.8) is 0 Å². The number of halogens is 3. The van der Waals surface area contributed by atoms with Crippen molar-refractivity contribution in [2.75, 3.05) is 13.1 Å². The minimum absolute atomic E-state index is 0.234. The Hall–Kier alpha value is -1.89. The molecule has 1 saturated heterocycles. The van der Waals surface area contributed by atoms with Crippen LogP contribution in [0.5, 0.6) is 0 Å². The highest BCUT2D eigenvalue weighted by Crippen LogP contribution is 2.31. The largest absolute Gasteiger partial charge is 0.416 e. The van der Waals surface area contributed by atoms with E-state index in [4.69, 9.17) is 4.52 Å². The van der Waals surface area contributed by atoms with Gasteiger partial charge >= 0.3 is 6.18 Å². The van der Waals surface area contributed by atoms with Gasteiger partial charge in [0, 0.05) is 18.4 Å². The van der Waals surface area contributed by atoms with Crippen LogP contribution in [-0.2, 0) is 12.7 Å². The maximum absolute atomic E-state index is 12.8. The molecule has 1 aliphatic rings. The van der Waals surface area contributed by atoms with Crippen molar-refractivity contribution in [1.29, 1.82) is 0 Å². The summed E-state index contributed by atoms with van der Waals surface area (Å²) in [5.74, 6) is 1.88. The number of hydrogen-bond donors (Lipinski definition) is 0. The van der Waals surface area contributed by atoms with Crippen LogP contribution >= 0.6 is 0 Å². The summed E-state index contributed by atoms with van der Waals surface area (Å²) in [7, 11) is 0. The highest BCUT2D eigenvalue weighted by atomic mass is 19.4. The number of rotatable bonds is 4. The monoisotopic (exact) mass is 353 g/mol. The van der Waals surface area contributed by atoms with Crippen molar-refractivity contribution in [2.45, 2.75) is 51.2 Å². The molecule has 4 nitrogen and oxygen atoms in total. The molecule has 0 N–H and O–H groups in total. The van der Waals surface area contributed by atoms with Crippen LogP contribution in [-0.4, -0.2) is 28.1 Å². The predicted octanol–water partition coefficient (Wildman–Crippen LogP) is 4.59. The summed E-state index contributed by atoms with van der Waals surface area (Å²) >= 11 is 0. The van der Waals surface area contributed by atoms with Crippen molar-refractivity contribution >= 4 is 0 Å². The fourth-order valence-electron chi connectivity index (χ4n) is 3.09. The van der Waals surface area contributed by atoms with E-state index >= 15 is 0 Å². The molecule has 1 fully saturated rings. The second kappa shape index (κ2) is 7.15. The smallest absolute Gasteiger partial charge is 0.339 e. The van der Waals surface area contributed by atoms with Crippen LogP contribution in [0.2, 0.25) is 0 Å². The molecular formula is C18H22F3N3O. The zero-order chi connectivity index (χ0) is 18.0. The van der Waals surface area contributed by atoms with Gasteiger partial charge < -0.3 is 4.52 Å². The molecule has 0 spiro atoms. The van der Waals surface area contributed by atoms with Gasteiger partial charge in [-0.1, -0.05) is 37.2 Å². The maximum atomic E-state index is 12.8. The molecule has 3 rings (SSSR count). The Bertz CT molecular complexity index is 704. The lowest BCUT2D eigenvalue weighted by Gasteiger charge is -2.30. The Kier molecular flexibility index (Phi) is 5.13. The molecule has 0 amide bonds. The van der Waals surface area contributed by atoms with Crippen LogP contribution in [0.25, 0.3) is 0 Å². The number of benzene rings is 1. The maximum Gasteiger partial charge on any atom is 0.416 e. The molecule has 2 aromatic rings. The van der Waals surface area contributed by atoms with E-state index in [1.165, 1.54) is 12.1 Å². The SMILES string of the molecule is CC(C)c1noc(C2CCN(Cc3cccc(C(F)(F)F)c3)CC2)n1. The predicted molar refractivity (Wildman–Crippen MR) is 87.1 cm³/mol. The van der Waals surface area contributed by atoms with Gasteiger partial charge in [0.15, 0.2) is 5.82 Å². The Balaban J connectivity index is 1.57. The normalized spacial score (nSPS) is 17.4. The first-order valence-corrected chi connectivity index (χ1v) is 8.55. The minimum Gasteiger partial charge on any atom is -0.339 e. The first-order valence-electron chi connectivity index (χ1n) is 8.55. The summed E-state index contributed by atoms with van der Waals surface area (Å²) < 4.78 is 43.8. The average Bonchev–Trinajstić information content (AvgIpc) is 3.05. The summed E-state index contributed by atoms with van der Waals surface area (Å²) in [5, 5.41) is 4.00. The van der Waals surface area contributed by atoms with Gasteiger partial charge in [0.25, 0.3) is 0 Å². The Morgan fingerprint density at radius 1 is 1.24 bits per heavy atom. The molecule has 25 heavy (non-hydrogen) atoms. The van der Waals surface area contributed by atoms with Crippen LogP contribution in [0, 0.1) is 0 Å². The van der Waals surface area contributed by atoms with E-state index < -0.39 is 11.7 Å². The van der Waals surface area contributed by atoms with E-state index in [1.54, 1.807) is 6.07 Å². The minimum atomic E-state index is -4.30. The average molecular weight is 353 g/mol. The van der Waals surface area contributed by atoms with E-state index in [9.17, 15) is 13.2 Å². The van der Waals surface area contributed by atoms with Gasteiger partial charge in [-0.2, -0.15) is 18.2 Å². The van der Waals surface area contributed by atoms with Crippen molar-refractivity contribution in [3.05, 3.63) is 47.1 Å². The van der Waals surface area contributed by atoms with Gasteiger partial charge in [0.05, 0.1) is 5.56 Å². The molecule has 0 atom stereocenters. The van der Waals surface area contributed by atoms with Crippen molar-refractivity contribution in [2.24, 2.45) is 0 Å². The Morgan fingerprint density at radius 3 is 2.56 bits per heavy atom. The summed E-state index contributed by atoms with van der Waals surface area (Å²) in [6, 6.07) is 5.56. The van der Waals surface area contributed by atoms with E-state index in [0.29, 0.717) is 18.0 Å². The molecule has 2 heterocycles. The first-order chi connectivity index (χ1) is 11.8. The number of nitrogens with zero attached hydrogens (tertiary/aromatic N) is 3. The van der Waals surface area contributed by atoms with Crippen LogP contribution in [0.15, 0.2) is 28.8 Å². The molecule has 0 bridgehead atoms. The van der Waals surface area contributed by atoms with Crippen LogP contribution in [0.3, 0.4) is 0 Å². The highest BCUT2D eigenvalue weighted by Gasteiger charge is 2.31. The quantitative estimate of drug-likeness (QED) is 0.806. The number of alkyl halides is 3. The van der Waals surface area contributed by atoms with E-state index in [0.717, 1.165) is 37.8 Å². The summed E-state index contributed by atoms with van der Waals surface area (Å²) in [5.41, 5.74) is 0.0973. The fourth-order valence-corrected chi connectivity index (χ4v) is 3.09. The Morgan fingerprint density at radius 2 is 1.96 bits per heavy atom. The lowest BCUT2D eigenvalue weighted by atomic mass is 9.96. The lowest BCUT2D eigenvalue weighted by molar-refractivity contribution is -0.137. The second-order valence-electron chi connectivity index (χ2n) is 6.89. The molecule has 0 radical (unpaired) electrons. The molecule has 0 aliphatic carbocycles. The molecule has 0 unspecified atom stereocenters. The first kappa shape index (κ1) is 17.9. The van der Waals surface area contributed by atoms with Gasteiger partial charge in [-0.3, -0.25) is 4.90 Å². The number of aromatic nitrogens is 2. The van der Waals surface area contributed by atoms with E-state index in [-0.39, 0.29) is 11.8 Å². The van der Waals surface area contributed by atoms with Gasteiger partial charge in [0.2, 0.25) is 5.89 Å². The summed E-state index contributed by atoms with van der Waals surface area (Å²) in [4.78, 5) is 6.63. The van der Waals surface area contributed by atoms with E-state index in [2.05, 4.69) is 15.0 Å². The lowest BCUT2D eigenvalue weighted by Crippen LogP contribution is -2.32. The number of piperidine rings is 1. The third-order valence-corrected chi connectivity index (χ3v) is 4.57. The number of likely N-dealkylation sites (tertiary alicyclic amines) is 1. The molecule has 0 saturated carbocycles. The van der Waals surface area contributed by atoms with Gasteiger partial charge in [0.1, 0.15) is 0 Å². The van der Waals surface area contributed by atoms with Gasteiger partial charge in [-0.05, 0) is 37.6 Å². The van der Waals surface area contributed by atoms with Gasteiger partial charge in [-0.15, -0.1) is 0 Å². The van der Waals surface area contributed by atoms with Crippen molar-refractivity contribution in [1.82, 2.24) is 15.0 Å². The standard InChI is InChI=1S/C18H22F3N3O/c1-12(2)16-22-17(25-23-16)14-6-8-24(9-7-14)11-13-4-3-5-15(10-13)18(19,20)21/h3-5,10,12,14H,6-9,11H2,1-2H3. The molecule has 7 heteroatoms. The molecular weight excluding hydrogens is 331 g/mol. The topological polar surface area (TPSA) is 42.2 Å². The van der Waals surface area contributed by atoms with Crippen LogP contribution in [0.4, 0.5) is 13.2 Å². The zero-order valence-corrected chi connectivity index (χ0v) is 14.4. The third-order valence-electron chi connectivity index (χ3n) is 4.57. The zero-order valence-electron chi connectivity index (χ0n) is 14.4. The molecule has 1 aromatic carbocycles. The fraction of sp³-hybridized carbons (Fsp3) is 0.556. The second-order valence-corrected chi connectivity index (χ2v) is 6.89. The van der Waals surface area contributed by atoms with Gasteiger partial charge in [-0.25, -0.2) is 0 Å². The third kappa shape index (κ3) is 4.39. The summed E-state index contributed by atoms with van der Waals surface area (Å²) in [6.07, 6.45) is -2.55. The van der Waals surface area contributed by atoms with Crippen LogP contribution in [0.1, 0.15) is 61.4 Å². The van der Waals surface area contributed by atoms with Crippen molar-refractivity contribution < 1.29 is 17.7 Å². The molecule has 1 aliphatic heterocycles. The molecule has 1 aromatic heterocycles. The van der Waals surface area contributed by atoms with E-state index in [1.807, 2.05) is 13.8 Å². The summed E-state index contributed by atoms with van der Waals surface area (Å²) in [6.45, 7) is 6.18. The molecule has 136 valence electrons. The van der Waals surface area contributed by atoms with Crippen molar-refractivity contribution in [3.8, 4) is 0 Å². The highest BCUT2D eigenvalue weighted by molar-refractivity contribution is 5.25. The Labute approximate surface area is 145 Å².